The monoisotopic (exact) mass is 473 g/mol. The van der Waals surface area contributed by atoms with E-state index < -0.39 is 25.9 Å². The normalized spacial score (nSPS) is 39.7. The van der Waals surface area contributed by atoms with Gasteiger partial charge in [0.25, 0.3) is 0 Å². The fourth-order valence-corrected chi connectivity index (χ4v) is 8.28. The minimum absolute atomic E-state index is 0.0924. The second-order valence-corrected chi connectivity index (χ2v) is 12.7. The van der Waals surface area contributed by atoms with Crippen LogP contribution in [0.1, 0.15) is 52.5 Å². The van der Waals surface area contributed by atoms with Crippen LogP contribution in [0.15, 0.2) is 30.3 Å². The topological polar surface area (TPSA) is 40.2 Å². The largest absolute Gasteiger partial charge is 0.355 e. The van der Waals surface area contributed by atoms with Crippen molar-refractivity contribution in [1.82, 2.24) is 5.06 Å². The van der Waals surface area contributed by atoms with Gasteiger partial charge in [0.1, 0.15) is 21.9 Å². The predicted octanol–water partition coefficient (Wildman–Crippen LogP) is 5.48. The van der Waals surface area contributed by atoms with Gasteiger partial charge in [0.2, 0.25) is 0 Å². The summed E-state index contributed by atoms with van der Waals surface area (Å²) in [5.41, 5.74) is 0.144. The van der Waals surface area contributed by atoms with E-state index >= 15 is 0 Å². The minimum atomic E-state index is -0.932. The molecular weight excluding hydrogens is 445 g/mol. The highest BCUT2D eigenvalue weighted by Crippen LogP contribution is 2.81. The van der Waals surface area contributed by atoms with Crippen LogP contribution in [-0.4, -0.2) is 45.2 Å². The van der Waals surface area contributed by atoms with Crippen LogP contribution in [0.5, 0.6) is 0 Å². The summed E-state index contributed by atoms with van der Waals surface area (Å²) in [7, 11) is 0. The number of thioether (sulfide) groups is 1. The third kappa shape index (κ3) is 2.57. The maximum absolute atomic E-state index is 6.86. The molecule has 1 spiro atoms. The molecule has 166 valence electrons. The van der Waals surface area contributed by atoms with Gasteiger partial charge in [0.15, 0.2) is 16.9 Å². The first-order valence-electron chi connectivity index (χ1n) is 10.4. The molecule has 0 N–H and O–H groups in total. The number of fused-ring (bicyclic) bond motifs is 1. The number of halogens is 2. The molecule has 0 bridgehead atoms. The Balaban J connectivity index is 1.55. The van der Waals surface area contributed by atoms with Crippen LogP contribution in [0.3, 0.4) is 0 Å². The molecule has 3 saturated heterocycles. The summed E-state index contributed by atoms with van der Waals surface area (Å²) in [6.07, 6.45) is -0.736. The van der Waals surface area contributed by atoms with E-state index in [4.69, 9.17) is 42.3 Å². The van der Waals surface area contributed by atoms with E-state index in [1.807, 2.05) is 37.1 Å². The number of hydroxylamine groups is 2. The van der Waals surface area contributed by atoms with Gasteiger partial charge in [-0.25, -0.2) is 0 Å². The molecule has 5 rings (SSSR count). The molecule has 8 heteroatoms. The number of benzene rings is 1. The molecule has 5 nitrogen and oxygen atoms in total. The van der Waals surface area contributed by atoms with Crippen LogP contribution in [0.4, 0.5) is 0 Å². The van der Waals surface area contributed by atoms with Crippen molar-refractivity contribution in [2.75, 3.05) is 6.61 Å². The Labute approximate surface area is 192 Å². The van der Waals surface area contributed by atoms with E-state index in [0.29, 0.717) is 6.61 Å². The molecule has 0 unspecified atom stereocenters. The van der Waals surface area contributed by atoms with E-state index in [-0.39, 0.29) is 23.8 Å². The number of hydrogen-bond acceptors (Lipinski definition) is 6. The highest BCUT2D eigenvalue weighted by molar-refractivity contribution is 8.01. The highest BCUT2D eigenvalue weighted by atomic mass is 35.5. The summed E-state index contributed by atoms with van der Waals surface area (Å²) in [6, 6.07) is 10.3. The highest BCUT2D eigenvalue weighted by Gasteiger charge is 2.85. The fraction of sp³-hybridized carbons (Fsp3) is 0.727. The molecule has 3 heterocycles. The quantitative estimate of drug-likeness (QED) is 0.529. The van der Waals surface area contributed by atoms with Crippen LogP contribution in [-0.2, 0) is 19.0 Å². The first-order valence-corrected chi connectivity index (χ1v) is 12.0. The lowest BCUT2D eigenvalue weighted by Crippen LogP contribution is -2.78. The maximum Gasteiger partial charge on any atom is 0.164 e. The van der Waals surface area contributed by atoms with Gasteiger partial charge in [-0.1, -0.05) is 69.8 Å². The van der Waals surface area contributed by atoms with Gasteiger partial charge in [-0.05, 0) is 19.4 Å². The number of hydrogen-bond donors (Lipinski definition) is 0. The molecule has 1 aromatic rings. The lowest BCUT2D eigenvalue weighted by molar-refractivity contribution is -0.357. The third-order valence-electron chi connectivity index (χ3n) is 7.23. The van der Waals surface area contributed by atoms with Gasteiger partial charge in [0, 0.05) is 10.8 Å². The summed E-state index contributed by atoms with van der Waals surface area (Å²) >= 11 is 15.5. The molecule has 1 saturated carbocycles. The van der Waals surface area contributed by atoms with Crippen molar-refractivity contribution in [2.45, 2.75) is 80.4 Å². The van der Waals surface area contributed by atoms with Crippen LogP contribution < -0.4 is 0 Å². The Bertz CT molecular complexity index is 829. The molecule has 4 atom stereocenters. The first kappa shape index (κ1) is 21.8. The SMILES string of the molecule is CC1(C)O[C@H]2[C@H](CO[C@@H]2N2OC3(S[C@H]2c2ccccc2)C(C)(C)C(Cl)(Cl)C3(C)C)O1. The van der Waals surface area contributed by atoms with Crippen molar-refractivity contribution in [3.63, 3.8) is 0 Å². The summed E-state index contributed by atoms with van der Waals surface area (Å²) in [5.74, 6) is -0.638. The van der Waals surface area contributed by atoms with Gasteiger partial charge in [-0.15, -0.1) is 28.3 Å². The lowest BCUT2D eigenvalue weighted by Gasteiger charge is -2.70. The van der Waals surface area contributed by atoms with Crippen LogP contribution in [0.2, 0.25) is 0 Å². The van der Waals surface area contributed by atoms with Gasteiger partial charge >= 0.3 is 0 Å². The second kappa shape index (κ2) is 6.51. The van der Waals surface area contributed by atoms with Gasteiger partial charge < -0.3 is 14.2 Å². The summed E-state index contributed by atoms with van der Waals surface area (Å²) in [5, 5.41) is 1.87. The Morgan fingerprint density at radius 3 is 2.23 bits per heavy atom. The van der Waals surface area contributed by atoms with Crippen molar-refractivity contribution in [3.8, 4) is 0 Å². The number of ether oxygens (including phenoxy) is 3. The Hall–Kier alpha value is -0.0500. The second-order valence-electron chi connectivity index (χ2n) is 10.1. The summed E-state index contributed by atoms with van der Waals surface area (Å²) in [6.45, 7) is 12.7. The molecule has 30 heavy (non-hydrogen) atoms. The van der Waals surface area contributed by atoms with Gasteiger partial charge in [0.05, 0.1) is 6.61 Å². The summed E-state index contributed by atoms with van der Waals surface area (Å²) in [4.78, 5) is 6.22. The number of alkyl halides is 2. The zero-order valence-electron chi connectivity index (χ0n) is 18.1. The third-order valence-corrected chi connectivity index (χ3v) is 11.2. The average Bonchev–Trinajstić information content (AvgIpc) is 3.32. The molecule has 1 aromatic carbocycles. The Morgan fingerprint density at radius 2 is 1.60 bits per heavy atom. The zero-order chi connectivity index (χ0) is 21.7. The molecule has 0 radical (unpaired) electrons. The van der Waals surface area contributed by atoms with Crippen molar-refractivity contribution in [1.29, 1.82) is 0 Å². The van der Waals surface area contributed by atoms with Crippen LogP contribution >= 0.6 is 35.0 Å². The van der Waals surface area contributed by atoms with Crippen molar-refractivity contribution in [3.05, 3.63) is 35.9 Å². The molecule has 1 aliphatic carbocycles. The van der Waals surface area contributed by atoms with E-state index in [1.165, 1.54) is 0 Å². The lowest BCUT2D eigenvalue weighted by atomic mass is 9.51. The molecule has 4 fully saturated rings. The Kier molecular flexibility index (Phi) is 4.72. The standard InChI is InChI=1S/C22H29Cl2NO4S/c1-18(2)21(23,24)19(3,4)22(18)29-25(17(30-22)13-10-8-7-9-11-13)16-15-14(12-26-16)27-20(5,6)28-15/h7-11,14-17H,12H2,1-6H3/t14-,15-,16-,17-/m0/s1. The fourth-order valence-electron chi connectivity index (χ4n) is 5.62. The number of rotatable bonds is 2. The molecular formula is C22H29Cl2NO4S. The van der Waals surface area contributed by atoms with E-state index in [1.54, 1.807) is 11.8 Å². The van der Waals surface area contributed by atoms with E-state index in [9.17, 15) is 0 Å². The van der Waals surface area contributed by atoms with Crippen molar-refractivity contribution in [2.24, 2.45) is 10.8 Å². The minimum Gasteiger partial charge on any atom is -0.355 e. The Morgan fingerprint density at radius 1 is 0.967 bits per heavy atom. The predicted molar refractivity (Wildman–Crippen MR) is 118 cm³/mol. The van der Waals surface area contributed by atoms with Gasteiger partial charge in [-0.2, -0.15) is 0 Å². The molecule has 3 aliphatic heterocycles. The number of nitrogens with zero attached hydrogens (tertiary/aromatic N) is 1. The van der Waals surface area contributed by atoms with Gasteiger partial charge in [-0.3, -0.25) is 4.84 Å². The van der Waals surface area contributed by atoms with E-state index in [2.05, 4.69) is 39.8 Å². The molecule has 0 amide bonds. The average molecular weight is 474 g/mol. The summed E-state index contributed by atoms with van der Waals surface area (Å²) < 4.78 is 17.5. The first-order chi connectivity index (χ1) is 13.8. The molecule has 0 aromatic heterocycles. The smallest absolute Gasteiger partial charge is 0.164 e. The van der Waals surface area contributed by atoms with Crippen molar-refractivity contribution >= 4 is 35.0 Å². The van der Waals surface area contributed by atoms with Crippen LogP contribution in [0.25, 0.3) is 0 Å². The molecule has 4 aliphatic rings. The zero-order valence-corrected chi connectivity index (χ0v) is 20.5. The van der Waals surface area contributed by atoms with Crippen LogP contribution in [0, 0.1) is 10.8 Å². The maximum atomic E-state index is 6.86. The van der Waals surface area contributed by atoms with E-state index in [0.717, 1.165) is 5.56 Å². The van der Waals surface area contributed by atoms with Crippen molar-refractivity contribution < 1.29 is 19.0 Å².